The molecule has 22 heavy (non-hydrogen) atoms. The van der Waals surface area contributed by atoms with Crippen molar-refractivity contribution in [3.8, 4) is 0 Å². The number of ether oxygens (including phenoxy) is 1. The normalized spacial score (nSPS) is 35.8. The maximum atomic E-state index is 11.0. The van der Waals surface area contributed by atoms with Gasteiger partial charge in [-0.05, 0) is 0 Å². The fourth-order valence-corrected chi connectivity index (χ4v) is 2.50. The molecule has 0 aromatic heterocycles. The minimum absolute atomic E-state index is 0.941. The Morgan fingerprint density at radius 3 is 2.41 bits per heavy atom. The van der Waals surface area contributed by atoms with Crippen LogP contribution in [0.4, 0.5) is 0 Å². The van der Waals surface area contributed by atoms with Gasteiger partial charge in [0.25, 0.3) is 5.79 Å². The Balaban J connectivity index is 3.12. The largest absolute Gasteiger partial charge is 0.477 e. The van der Waals surface area contributed by atoms with Crippen molar-refractivity contribution in [3.05, 3.63) is 0 Å². The molecule has 1 rings (SSSR count). The lowest BCUT2D eigenvalue weighted by molar-refractivity contribution is -0.290. The highest BCUT2D eigenvalue weighted by Crippen LogP contribution is 2.31. The van der Waals surface area contributed by atoms with Crippen LogP contribution < -0.4 is 5.73 Å². The van der Waals surface area contributed by atoms with E-state index in [1.54, 1.807) is 0 Å². The first-order valence-electron chi connectivity index (χ1n) is 5.93. The molecule has 0 bridgehead atoms. The lowest BCUT2D eigenvalue weighted by atomic mass is 9.89. The molecule has 0 spiro atoms. The Morgan fingerprint density at radius 1 is 1.45 bits per heavy atom. The fraction of sp³-hybridized carbons (Fsp3) is 0.889. The van der Waals surface area contributed by atoms with Crippen LogP contribution in [0.25, 0.3) is 0 Å². The molecule has 0 radical (unpaired) electrons. The van der Waals surface area contributed by atoms with Gasteiger partial charge in [-0.1, -0.05) is 0 Å². The minimum atomic E-state index is -5.04. The van der Waals surface area contributed by atoms with Crippen molar-refractivity contribution in [2.24, 2.45) is 5.73 Å². The molecule has 1 heterocycles. The monoisotopic (exact) mass is 347 g/mol. The number of nitrogens with two attached hydrogens (primary N) is 1. The average molecular weight is 347 g/mol. The number of carboxylic acid groups (broad SMARTS) is 1. The summed E-state index contributed by atoms with van der Waals surface area (Å²) in [7, 11) is -5.04. The lowest BCUT2D eigenvalue weighted by Crippen LogP contribution is -2.66. The van der Waals surface area contributed by atoms with E-state index in [0.29, 0.717) is 0 Å². The smallest absolute Gasteiger partial charge is 0.397 e. The van der Waals surface area contributed by atoms with Gasteiger partial charge >= 0.3 is 16.4 Å². The van der Waals surface area contributed by atoms with Gasteiger partial charge in [-0.15, -0.1) is 0 Å². The first-order valence-corrected chi connectivity index (χ1v) is 7.29. The van der Waals surface area contributed by atoms with Gasteiger partial charge in [0.2, 0.25) is 0 Å². The number of rotatable bonds is 6. The second-order valence-electron chi connectivity index (χ2n) is 4.76. The van der Waals surface area contributed by atoms with Crippen LogP contribution in [0.3, 0.4) is 0 Å². The van der Waals surface area contributed by atoms with E-state index < -0.39 is 65.6 Å². The van der Waals surface area contributed by atoms with E-state index in [4.69, 9.17) is 25.2 Å². The van der Waals surface area contributed by atoms with Crippen molar-refractivity contribution in [1.82, 2.24) is 0 Å². The SMILES string of the molecule is N[C@@H]1[C@@H](OS(=O)(=O)O)CC(O)(C(=O)O)O[C@H]1C(O)C(O)CO. The van der Waals surface area contributed by atoms with Crippen molar-refractivity contribution < 1.29 is 52.2 Å². The number of aliphatic hydroxyl groups excluding tert-OH is 3. The molecule has 130 valence electrons. The molecular formula is C9H17NO11S. The maximum Gasteiger partial charge on any atom is 0.397 e. The molecule has 6 atom stereocenters. The summed E-state index contributed by atoms with van der Waals surface area (Å²) >= 11 is 0. The summed E-state index contributed by atoms with van der Waals surface area (Å²) in [5.74, 6) is -4.91. The molecular weight excluding hydrogens is 330 g/mol. The van der Waals surface area contributed by atoms with Crippen LogP contribution in [-0.2, 0) is 24.1 Å². The zero-order chi connectivity index (χ0) is 17.3. The van der Waals surface area contributed by atoms with Crippen LogP contribution >= 0.6 is 0 Å². The summed E-state index contributed by atoms with van der Waals surface area (Å²) in [6.45, 7) is -0.941. The van der Waals surface area contributed by atoms with Gasteiger partial charge in [0.1, 0.15) is 24.4 Å². The van der Waals surface area contributed by atoms with Crippen LogP contribution in [0.1, 0.15) is 6.42 Å². The quantitative estimate of drug-likeness (QED) is 0.227. The number of aliphatic carboxylic acids is 1. The van der Waals surface area contributed by atoms with Gasteiger partial charge in [-0.25, -0.2) is 8.98 Å². The van der Waals surface area contributed by atoms with Crippen LogP contribution in [0, 0.1) is 0 Å². The van der Waals surface area contributed by atoms with Crippen molar-refractivity contribution in [2.75, 3.05) is 6.61 Å². The van der Waals surface area contributed by atoms with E-state index in [9.17, 15) is 28.5 Å². The Labute approximate surface area is 124 Å². The summed E-state index contributed by atoms with van der Waals surface area (Å²) in [6.07, 6.45) is -8.31. The number of hydrogen-bond donors (Lipinski definition) is 7. The predicted octanol–water partition coefficient (Wildman–Crippen LogP) is -4.22. The van der Waals surface area contributed by atoms with E-state index in [-0.39, 0.29) is 0 Å². The van der Waals surface area contributed by atoms with Crippen LogP contribution in [0.15, 0.2) is 0 Å². The van der Waals surface area contributed by atoms with Crippen LogP contribution in [-0.4, -0.2) is 87.3 Å². The number of carbonyl (C=O) groups is 1. The maximum absolute atomic E-state index is 11.0. The van der Waals surface area contributed by atoms with E-state index >= 15 is 0 Å². The molecule has 13 heteroatoms. The molecule has 12 nitrogen and oxygen atoms in total. The van der Waals surface area contributed by atoms with Gasteiger partial charge in [0, 0.05) is 6.42 Å². The number of hydrogen-bond acceptors (Lipinski definition) is 10. The lowest BCUT2D eigenvalue weighted by Gasteiger charge is -2.43. The standard InChI is InChI=1S/C9H17NO11S/c10-5-4(21-22(17,18)19)1-9(16,8(14)15)20-7(5)6(13)3(12)2-11/h3-7,11-13,16H,1-2,10H2,(H,14,15)(H,17,18,19)/t3?,4-,5+,6?,7+,9?/m0/s1. The first kappa shape index (κ1) is 19.1. The van der Waals surface area contributed by atoms with Gasteiger partial charge in [0.05, 0.1) is 12.6 Å². The molecule has 0 aromatic carbocycles. The third-order valence-corrected chi connectivity index (χ3v) is 3.61. The van der Waals surface area contributed by atoms with Gasteiger partial charge in [-0.3, -0.25) is 4.55 Å². The first-order chi connectivity index (χ1) is 9.91. The van der Waals surface area contributed by atoms with Crippen molar-refractivity contribution in [1.29, 1.82) is 0 Å². The Bertz CT molecular complexity index is 510. The van der Waals surface area contributed by atoms with Crippen LogP contribution in [0.5, 0.6) is 0 Å². The molecule has 0 aliphatic carbocycles. The van der Waals surface area contributed by atoms with E-state index in [0.717, 1.165) is 0 Å². The van der Waals surface area contributed by atoms with Crippen molar-refractivity contribution in [3.63, 3.8) is 0 Å². The second-order valence-corrected chi connectivity index (χ2v) is 5.80. The predicted molar refractivity (Wildman–Crippen MR) is 65.6 cm³/mol. The molecule has 0 amide bonds. The minimum Gasteiger partial charge on any atom is -0.477 e. The van der Waals surface area contributed by atoms with Gasteiger partial charge in [0.15, 0.2) is 0 Å². The van der Waals surface area contributed by atoms with Crippen molar-refractivity contribution >= 4 is 16.4 Å². The molecule has 1 aliphatic rings. The van der Waals surface area contributed by atoms with Crippen LogP contribution in [0.2, 0.25) is 0 Å². The molecule has 8 N–H and O–H groups in total. The molecule has 1 fully saturated rings. The summed E-state index contributed by atoms with van der Waals surface area (Å²) in [5, 5.41) is 46.6. The molecule has 0 saturated carbocycles. The number of aliphatic hydroxyl groups is 4. The zero-order valence-electron chi connectivity index (χ0n) is 11.0. The van der Waals surface area contributed by atoms with E-state index in [1.165, 1.54) is 0 Å². The van der Waals surface area contributed by atoms with Gasteiger partial charge in [-0.2, -0.15) is 8.42 Å². The Hall–Kier alpha value is -0.900. The summed E-state index contributed by atoms with van der Waals surface area (Å²) < 4.78 is 39.1. The van der Waals surface area contributed by atoms with E-state index in [2.05, 4.69) is 4.18 Å². The third-order valence-electron chi connectivity index (χ3n) is 3.11. The zero-order valence-corrected chi connectivity index (χ0v) is 11.8. The molecule has 0 aromatic rings. The molecule has 3 unspecified atom stereocenters. The average Bonchev–Trinajstić information content (AvgIpc) is 2.39. The third kappa shape index (κ3) is 4.31. The highest BCUT2D eigenvalue weighted by atomic mass is 32.3. The van der Waals surface area contributed by atoms with Gasteiger partial charge < -0.3 is 36.0 Å². The highest BCUT2D eigenvalue weighted by molar-refractivity contribution is 7.80. The fourth-order valence-electron chi connectivity index (χ4n) is 1.99. The Morgan fingerprint density at radius 2 is 2.00 bits per heavy atom. The summed E-state index contributed by atoms with van der Waals surface area (Å²) in [4.78, 5) is 11.0. The number of carboxylic acids is 1. The molecule has 1 aliphatic heterocycles. The highest BCUT2D eigenvalue weighted by Gasteiger charge is 2.54. The Kier molecular flexibility index (Phi) is 5.82. The summed E-state index contributed by atoms with van der Waals surface area (Å²) in [6, 6.07) is -1.54. The topological polar surface area (TPSA) is 217 Å². The second kappa shape index (κ2) is 6.69. The molecule has 1 saturated heterocycles. The summed E-state index contributed by atoms with van der Waals surface area (Å²) in [5.41, 5.74) is 5.56. The van der Waals surface area contributed by atoms with Crippen molar-refractivity contribution in [2.45, 2.75) is 42.7 Å². The van der Waals surface area contributed by atoms with E-state index in [1.807, 2.05) is 0 Å².